The lowest BCUT2D eigenvalue weighted by Gasteiger charge is -2.10. The third-order valence-electron chi connectivity index (χ3n) is 3.10. The Morgan fingerprint density at radius 1 is 0.739 bits per heavy atom. The molecule has 3 aromatic carbocycles. The molecule has 0 aliphatic carbocycles. The predicted molar refractivity (Wildman–Crippen MR) is 92.1 cm³/mol. The van der Waals surface area contributed by atoms with Crippen molar-refractivity contribution < 1.29 is 13.2 Å². The van der Waals surface area contributed by atoms with Gasteiger partial charge in [0.1, 0.15) is 11.5 Å². The van der Waals surface area contributed by atoms with Gasteiger partial charge in [0.2, 0.25) is 0 Å². The van der Waals surface area contributed by atoms with Crippen molar-refractivity contribution in [2.24, 2.45) is 0 Å². The van der Waals surface area contributed by atoms with E-state index in [1.165, 1.54) is 11.8 Å². The van der Waals surface area contributed by atoms with Crippen molar-refractivity contribution in [1.29, 1.82) is 0 Å². The van der Waals surface area contributed by atoms with Crippen LogP contribution >= 0.6 is 11.8 Å². The molecule has 0 amide bonds. The van der Waals surface area contributed by atoms with Crippen LogP contribution in [0.15, 0.2) is 93.5 Å². The summed E-state index contributed by atoms with van der Waals surface area (Å²) in [6.45, 7) is 0. The van der Waals surface area contributed by atoms with Crippen molar-refractivity contribution in [2.75, 3.05) is 0 Å². The van der Waals surface area contributed by atoms with Crippen LogP contribution in [0.3, 0.4) is 0 Å². The second-order valence-corrected chi connectivity index (χ2v) is 6.86. The summed E-state index contributed by atoms with van der Waals surface area (Å²) >= 11 is 1.53. The van der Waals surface area contributed by atoms with Crippen LogP contribution in [-0.2, 0) is 10.7 Å². The van der Waals surface area contributed by atoms with Crippen LogP contribution in [0.2, 0.25) is 0 Å². The highest BCUT2D eigenvalue weighted by molar-refractivity contribution is 7.99. The minimum atomic E-state index is -2.54. The minimum Gasteiger partial charge on any atom is -0.456 e. The zero-order valence-corrected chi connectivity index (χ0v) is 13.8. The summed E-state index contributed by atoms with van der Waals surface area (Å²) in [7, 11) is -2.54. The number of para-hydroxylation sites is 2. The molecule has 0 aliphatic rings. The lowest BCUT2D eigenvalue weighted by molar-refractivity contribution is 0.471. The van der Waals surface area contributed by atoms with E-state index in [4.69, 9.17) is 4.74 Å². The Morgan fingerprint density at radius 2 is 1.39 bits per heavy atom. The lowest BCUT2D eigenvalue weighted by Crippen LogP contribution is -1.86. The molecule has 3 aromatic rings. The van der Waals surface area contributed by atoms with Gasteiger partial charge in [0.15, 0.2) is 10.7 Å². The van der Waals surface area contributed by atoms with E-state index in [2.05, 4.69) is 0 Å². The van der Waals surface area contributed by atoms with Crippen molar-refractivity contribution in [2.45, 2.75) is 14.7 Å². The maximum atomic E-state index is 10.9. The summed E-state index contributed by atoms with van der Waals surface area (Å²) in [6.07, 6.45) is 0. The van der Waals surface area contributed by atoms with Crippen molar-refractivity contribution >= 4 is 22.5 Å². The average Bonchev–Trinajstić information content (AvgIpc) is 2.58. The maximum absolute atomic E-state index is 10.9. The van der Waals surface area contributed by atoms with E-state index in [0.717, 1.165) is 21.3 Å². The fourth-order valence-electron chi connectivity index (χ4n) is 2.00. The number of ether oxygens (including phenoxy) is 1. The van der Waals surface area contributed by atoms with Gasteiger partial charge in [0.05, 0.1) is 9.79 Å². The zero-order valence-electron chi connectivity index (χ0n) is 12.1. The zero-order chi connectivity index (χ0) is 16.1. The van der Waals surface area contributed by atoms with Gasteiger partial charge >= 0.3 is 0 Å². The smallest absolute Gasteiger partial charge is 0.168 e. The molecule has 116 valence electrons. The summed E-state index contributed by atoms with van der Waals surface area (Å²) in [5.41, 5.74) is 0. The molecule has 0 heterocycles. The van der Waals surface area contributed by atoms with Gasteiger partial charge in [-0.3, -0.25) is 0 Å². The molecule has 0 radical (unpaired) electrons. The van der Waals surface area contributed by atoms with Gasteiger partial charge in [-0.25, -0.2) is 8.42 Å². The maximum Gasteiger partial charge on any atom is 0.168 e. The molecule has 0 saturated carbocycles. The summed E-state index contributed by atoms with van der Waals surface area (Å²) < 4.78 is 27.8. The topological polar surface area (TPSA) is 43.4 Å². The van der Waals surface area contributed by atoms with Crippen molar-refractivity contribution in [3.8, 4) is 11.5 Å². The summed E-state index contributed by atoms with van der Waals surface area (Å²) in [5, 5.41) is 0. The fraction of sp³-hybridized carbons (Fsp3) is 0. The third kappa shape index (κ3) is 4.15. The lowest BCUT2D eigenvalue weighted by atomic mass is 10.3. The first kappa shape index (κ1) is 15.6. The highest BCUT2D eigenvalue weighted by Crippen LogP contribution is 2.37. The molecular weight excluding hydrogens is 328 g/mol. The molecule has 0 fully saturated rings. The molecule has 3 nitrogen and oxygen atoms in total. The molecule has 3 rings (SSSR count). The van der Waals surface area contributed by atoms with E-state index in [9.17, 15) is 8.42 Å². The number of hydrogen-bond donors (Lipinski definition) is 1. The Morgan fingerprint density at radius 3 is 2.09 bits per heavy atom. The Bertz CT molecular complexity index is 849. The fourth-order valence-corrected chi connectivity index (χ4v) is 3.27. The highest BCUT2D eigenvalue weighted by atomic mass is 32.2. The number of thiol groups is 1. The van der Waals surface area contributed by atoms with Crippen LogP contribution in [0.25, 0.3) is 0 Å². The van der Waals surface area contributed by atoms with Crippen LogP contribution in [0.5, 0.6) is 11.5 Å². The van der Waals surface area contributed by atoms with Gasteiger partial charge in [0.25, 0.3) is 0 Å². The molecule has 0 saturated heterocycles. The molecule has 0 unspecified atom stereocenters. The quantitative estimate of drug-likeness (QED) is 0.688. The first-order valence-electron chi connectivity index (χ1n) is 6.96. The van der Waals surface area contributed by atoms with E-state index >= 15 is 0 Å². The number of benzene rings is 3. The van der Waals surface area contributed by atoms with E-state index in [-0.39, 0.29) is 0 Å². The Balaban J connectivity index is 1.83. The number of rotatable bonds is 5. The molecule has 0 aromatic heterocycles. The summed E-state index contributed by atoms with van der Waals surface area (Å²) in [6, 6.07) is 24.2. The Hall–Kier alpha value is -2.24. The second-order valence-electron chi connectivity index (χ2n) is 4.71. The minimum absolute atomic E-state index is 0.318. The van der Waals surface area contributed by atoms with Gasteiger partial charge < -0.3 is 4.74 Å². The van der Waals surface area contributed by atoms with Crippen LogP contribution in [-0.4, -0.2) is 8.42 Å². The van der Waals surface area contributed by atoms with Crippen molar-refractivity contribution in [3.63, 3.8) is 0 Å². The highest BCUT2D eigenvalue weighted by Gasteiger charge is 2.06. The molecule has 0 spiro atoms. The van der Waals surface area contributed by atoms with Gasteiger partial charge in [0, 0.05) is 4.90 Å². The van der Waals surface area contributed by atoms with E-state index in [1.54, 1.807) is 24.3 Å². The molecule has 0 N–H and O–H groups in total. The summed E-state index contributed by atoms with van der Waals surface area (Å²) in [4.78, 5) is 2.24. The molecule has 0 atom stereocenters. The van der Waals surface area contributed by atoms with Gasteiger partial charge in [-0.15, -0.1) is 0 Å². The third-order valence-corrected chi connectivity index (χ3v) is 4.88. The average molecular weight is 342 g/mol. The van der Waals surface area contributed by atoms with Gasteiger partial charge in [-0.05, 0) is 48.5 Å². The molecule has 0 bridgehead atoms. The Kier molecular flexibility index (Phi) is 5.00. The first-order valence-corrected chi connectivity index (χ1v) is 8.96. The van der Waals surface area contributed by atoms with Crippen LogP contribution < -0.4 is 4.74 Å². The monoisotopic (exact) mass is 342 g/mol. The molecule has 23 heavy (non-hydrogen) atoms. The standard InChI is InChI=1S/C18H14O3S2/c19-23(20)16-12-10-15(11-13-16)22-18-9-5-4-8-17(18)21-14-6-2-1-3-7-14/h1-13,23H. The second kappa shape index (κ2) is 7.35. The SMILES string of the molecule is O=[SH](=O)c1ccc(Sc2ccccc2Oc2ccccc2)cc1. The Labute approximate surface area is 140 Å². The predicted octanol–water partition coefficient (Wildman–Crippen LogP) is 4.60. The van der Waals surface area contributed by atoms with E-state index < -0.39 is 10.7 Å². The normalized spacial score (nSPS) is 10.7. The van der Waals surface area contributed by atoms with Crippen LogP contribution in [0.1, 0.15) is 0 Å². The van der Waals surface area contributed by atoms with E-state index in [1.807, 2.05) is 54.6 Å². The van der Waals surface area contributed by atoms with Gasteiger partial charge in [-0.2, -0.15) is 0 Å². The molecular formula is C18H14O3S2. The number of hydrogen-bond acceptors (Lipinski definition) is 4. The largest absolute Gasteiger partial charge is 0.456 e. The first-order chi connectivity index (χ1) is 11.2. The van der Waals surface area contributed by atoms with Gasteiger partial charge in [-0.1, -0.05) is 42.1 Å². The molecule has 0 aliphatic heterocycles. The van der Waals surface area contributed by atoms with Crippen molar-refractivity contribution in [3.05, 3.63) is 78.9 Å². The molecule has 5 heteroatoms. The van der Waals surface area contributed by atoms with Crippen LogP contribution in [0.4, 0.5) is 0 Å². The van der Waals surface area contributed by atoms with Crippen molar-refractivity contribution in [1.82, 2.24) is 0 Å². The summed E-state index contributed by atoms with van der Waals surface area (Å²) in [5.74, 6) is 1.54. The van der Waals surface area contributed by atoms with E-state index in [0.29, 0.717) is 4.90 Å². The van der Waals surface area contributed by atoms with Crippen LogP contribution in [0, 0.1) is 0 Å².